The lowest BCUT2D eigenvalue weighted by Gasteiger charge is -2.07. The number of aliphatic imine (C=N–C) groups is 2. The molecule has 0 unspecified atom stereocenters. The van der Waals surface area contributed by atoms with Crippen LogP contribution in [0.4, 0.5) is 0 Å². The molecule has 4 rings (SSSR count). The number of aliphatic carboxylic acids is 2. The number of carbonyl (C=O) groups is 4. The molecule has 0 bridgehead atoms. The average Bonchev–Trinajstić information content (AvgIpc) is 3.60. The largest absolute Gasteiger partial charge is 0.481 e. The van der Waals surface area contributed by atoms with E-state index in [2.05, 4.69) is 32.6 Å². The molecule has 2 aliphatic rings. The summed E-state index contributed by atoms with van der Waals surface area (Å²) in [7, 11) is 0. The molecule has 0 aliphatic carbocycles. The van der Waals surface area contributed by atoms with Crippen LogP contribution in [-0.4, -0.2) is 61.1 Å². The quantitative estimate of drug-likeness (QED) is 0.176. The Labute approximate surface area is 262 Å². The van der Waals surface area contributed by atoms with Crippen LogP contribution in [0.25, 0.3) is 0 Å². The summed E-state index contributed by atoms with van der Waals surface area (Å²) in [5.41, 5.74) is 11.6. The number of aromatic amines is 2. The summed E-state index contributed by atoms with van der Waals surface area (Å²) in [5.74, 6) is -1.66. The third kappa shape index (κ3) is 6.88. The van der Waals surface area contributed by atoms with Gasteiger partial charge in [-0.2, -0.15) is 12.6 Å². The van der Waals surface area contributed by atoms with E-state index in [-0.39, 0.29) is 24.7 Å². The van der Waals surface area contributed by atoms with Gasteiger partial charge >= 0.3 is 11.9 Å². The number of nitrogens with zero attached hydrogens (tertiary/aromatic N) is 2. The monoisotopic (exact) mass is 620 g/mol. The number of thiol groups is 1. The third-order valence-electron chi connectivity index (χ3n) is 8.82. The summed E-state index contributed by atoms with van der Waals surface area (Å²) in [6, 6.07) is 0. The fourth-order valence-corrected chi connectivity index (χ4v) is 6.46. The van der Waals surface area contributed by atoms with Crippen molar-refractivity contribution in [3.8, 4) is 0 Å². The predicted molar refractivity (Wildman–Crippen MR) is 172 cm³/mol. The second-order valence-electron chi connectivity index (χ2n) is 11.5. The molecule has 10 nitrogen and oxygen atoms in total. The van der Waals surface area contributed by atoms with Gasteiger partial charge in [0.05, 0.1) is 11.4 Å². The van der Waals surface area contributed by atoms with Crippen molar-refractivity contribution in [2.45, 2.75) is 92.4 Å². The molecule has 0 atom stereocenters. The number of amides is 2. The molecule has 0 radical (unpaired) electrons. The number of hydrogen-bond donors (Lipinski definition) is 5. The van der Waals surface area contributed by atoms with Gasteiger partial charge in [-0.1, -0.05) is 6.92 Å². The molecular weight excluding hydrogens is 580 g/mol. The van der Waals surface area contributed by atoms with Gasteiger partial charge in [0.15, 0.2) is 0 Å². The number of carboxylic acid groups (broad SMARTS) is 2. The minimum Gasteiger partial charge on any atom is -0.481 e. The average molecular weight is 621 g/mol. The molecule has 234 valence electrons. The standard InChI is InChI=1S/C33H40N4O6S/c1-6-20-16(2)26(36-33(20)43)13-24-17(3)21(7-9-30(38)39)27(34-24)15-28-22(8-10-31(40)41)18(4)25(35-28)14-29-23(11-12-44)19(5)32(42)37-29/h34-35,44H,6-15H2,1-5H3,(H,38,39)(H,40,41). The molecule has 2 aliphatic heterocycles. The molecule has 4 heterocycles. The number of nitrogens with one attached hydrogen (secondary N) is 2. The van der Waals surface area contributed by atoms with Crippen molar-refractivity contribution in [1.82, 2.24) is 9.97 Å². The summed E-state index contributed by atoms with van der Waals surface area (Å²) < 4.78 is 0. The Kier molecular flexibility index (Phi) is 10.3. The summed E-state index contributed by atoms with van der Waals surface area (Å²) in [6.07, 6.45) is 3.00. The Morgan fingerprint density at radius 1 is 0.682 bits per heavy atom. The second-order valence-corrected chi connectivity index (χ2v) is 11.9. The maximum absolute atomic E-state index is 12.4. The van der Waals surface area contributed by atoms with Crippen molar-refractivity contribution in [3.05, 3.63) is 67.3 Å². The van der Waals surface area contributed by atoms with E-state index in [1.54, 1.807) is 6.92 Å². The third-order valence-corrected chi connectivity index (χ3v) is 9.04. The van der Waals surface area contributed by atoms with Gasteiger partial charge in [-0.3, -0.25) is 19.2 Å². The molecule has 0 spiro atoms. The fourth-order valence-electron chi connectivity index (χ4n) is 6.23. The van der Waals surface area contributed by atoms with Crippen LogP contribution in [0.15, 0.2) is 32.3 Å². The first-order chi connectivity index (χ1) is 20.9. The molecule has 2 aromatic heterocycles. The topological polar surface area (TPSA) is 165 Å². The van der Waals surface area contributed by atoms with Gasteiger partial charge in [-0.15, -0.1) is 0 Å². The highest BCUT2D eigenvalue weighted by Gasteiger charge is 2.27. The van der Waals surface area contributed by atoms with E-state index >= 15 is 0 Å². The number of aromatic nitrogens is 2. The van der Waals surface area contributed by atoms with E-state index in [1.807, 2.05) is 27.7 Å². The van der Waals surface area contributed by atoms with Gasteiger partial charge in [0.1, 0.15) is 0 Å². The summed E-state index contributed by atoms with van der Waals surface area (Å²) in [6.45, 7) is 9.52. The van der Waals surface area contributed by atoms with Crippen molar-refractivity contribution >= 4 is 47.8 Å². The maximum Gasteiger partial charge on any atom is 0.303 e. The van der Waals surface area contributed by atoms with Crippen LogP contribution in [-0.2, 0) is 51.3 Å². The van der Waals surface area contributed by atoms with Crippen molar-refractivity contribution < 1.29 is 29.4 Å². The summed E-state index contributed by atoms with van der Waals surface area (Å²) in [5, 5.41) is 18.9. The van der Waals surface area contributed by atoms with E-state index in [1.165, 1.54) is 0 Å². The van der Waals surface area contributed by atoms with Crippen LogP contribution in [0.3, 0.4) is 0 Å². The van der Waals surface area contributed by atoms with Crippen LogP contribution < -0.4 is 0 Å². The predicted octanol–water partition coefficient (Wildman–Crippen LogP) is 5.00. The maximum atomic E-state index is 12.4. The van der Waals surface area contributed by atoms with Crippen LogP contribution in [0, 0.1) is 13.8 Å². The number of carboxylic acids is 2. The lowest BCUT2D eigenvalue weighted by molar-refractivity contribution is -0.138. The van der Waals surface area contributed by atoms with Crippen molar-refractivity contribution in [1.29, 1.82) is 0 Å². The zero-order valence-corrected chi connectivity index (χ0v) is 26.8. The van der Waals surface area contributed by atoms with Gasteiger partial charge in [0.2, 0.25) is 0 Å². The molecule has 0 fully saturated rings. The molecule has 0 saturated heterocycles. The Morgan fingerprint density at radius 3 is 1.64 bits per heavy atom. The number of allylic oxidation sites excluding steroid dienone is 2. The SMILES string of the molecule is CCC1=C(C)C(Cc2[nH]c(Cc3[nH]c(CC4=NC(=O)C(C)=C4CCS)c(C)c3CCC(=O)O)c(CCC(=O)O)c2C)=NC1=O. The molecule has 11 heteroatoms. The van der Waals surface area contributed by atoms with Gasteiger partial charge in [0, 0.05) is 66.0 Å². The van der Waals surface area contributed by atoms with Crippen molar-refractivity contribution in [2.24, 2.45) is 9.98 Å². The van der Waals surface area contributed by atoms with Gasteiger partial charge in [-0.25, -0.2) is 9.98 Å². The van der Waals surface area contributed by atoms with Crippen LogP contribution in [0.5, 0.6) is 0 Å². The Bertz CT molecular complexity index is 1670. The molecular formula is C33H40N4O6S. The Morgan fingerprint density at radius 2 is 1.18 bits per heavy atom. The van der Waals surface area contributed by atoms with Crippen LogP contribution in [0.1, 0.15) is 91.5 Å². The lowest BCUT2D eigenvalue weighted by atomic mass is 9.96. The Hall–Kier alpha value is -3.99. The van der Waals surface area contributed by atoms with E-state index in [4.69, 9.17) is 0 Å². The van der Waals surface area contributed by atoms with Gasteiger partial charge in [-0.05, 0) is 92.5 Å². The number of hydrogen-bond acceptors (Lipinski definition) is 5. The highest BCUT2D eigenvalue weighted by molar-refractivity contribution is 7.80. The summed E-state index contributed by atoms with van der Waals surface area (Å²) >= 11 is 4.35. The molecule has 44 heavy (non-hydrogen) atoms. The molecule has 0 saturated carbocycles. The minimum absolute atomic E-state index is 0.0438. The van der Waals surface area contributed by atoms with Crippen LogP contribution in [0.2, 0.25) is 0 Å². The van der Waals surface area contributed by atoms with E-state index in [0.717, 1.165) is 56.2 Å². The van der Waals surface area contributed by atoms with E-state index < -0.39 is 11.9 Å². The molecule has 4 N–H and O–H groups in total. The number of rotatable bonds is 15. The second kappa shape index (κ2) is 13.8. The van der Waals surface area contributed by atoms with E-state index in [9.17, 15) is 29.4 Å². The molecule has 2 aromatic rings. The van der Waals surface area contributed by atoms with E-state index in [0.29, 0.717) is 73.3 Å². The smallest absolute Gasteiger partial charge is 0.303 e. The fraction of sp³-hybridized carbons (Fsp3) is 0.455. The van der Waals surface area contributed by atoms with Crippen LogP contribution >= 0.6 is 12.6 Å². The highest BCUT2D eigenvalue weighted by Crippen LogP contribution is 2.31. The first kappa shape index (κ1) is 32.9. The van der Waals surface area contributed by atoms with Gasteiger partial charge < -0.3 is 20.2 Å². The lowest BCUT2D eigenvalue weighted by Crippen LogP contribution is -2.07. The van der Waals surface area contributed by atoms with Crippen molar-refractivity contribution in [2.75, 3.05) is 5.75 Å². The number of carbonyl (C=O) groups excluding carboxylic acids is 2. The first-order valence-electron chi connectivity index (χ1n) is 14.9. The highest BCUT2D eigenvalue weighted by atomic mass is 32.1. The first-order valence-corrected chi connectivity index (χ1v) is 15.6. The Balaban J connectivity index is 1.73. The normalized spacial score (nSPS) is 15.1. The van der Waals surface area contributed by atoms with Crippen molar-refractivity contribution in [3.63, 3.8) is 0 Å². The van der Waals surface area contributed by atoms with Gasteiger partial charge in [0.25, 0.3) is 11.8 Å². The molecule has 2 amide bonds. The minimum atomic E-state index is -0.902. The zero-order chi connectivity index (χ0) is 32.3. The number of H-pyrrole nitrogens is 2. The zero-order valence-electron chi connectivity index (χ0n) is 25.9. The molecule has 0 aromatic carbocycles. The summed E-state index contributed by atoms with van der Waals surface area (Å²) in [4.78, 5) is 63.5.